The van der Waals surface area contributed by atoms with Crippen LogP contribution >= 0.6 is 0 Å². The van der Waals surface area contributed by atoms with Gasteiger partial charge in [-0.3, -0.25) is 0 Å². The first-order valence-electron chi connectivity index (χ1n) is 9.44. The lowest BCUT2D eigenvalue weighted by atomic mass is 9.51. The van der Waals surface area contributed by atoms with Gasteiger partial charge in [-0.05, 0) is 79.4 Å². The van der Waals surface area contributed by atoms with E-state index in [2.05, 4.69) is 29.3 Å². The third-order valence-corrected chi connectivity index (χ3v) is 6.67. The summed E-state index contributed by atoms with van der Waals surface area (Å²) >= 11 is 0. The summed E-state index contributed by atoms with van der Waals surface area (Å²) in [5, 5.41) is 0. The van der Waals surface area contributed by atoms with Crippen LogP contribution in [-0.4, -0.2) is 25.3 Å². The Kier molecular flexibility index (Phi) is 3.46. The molecule has 6 rings (SSSR count). The zero-order chi connectivity index (χ0) is 16.1. The SMILES string of the molecule is NC1=NCC(COc2ccc(C3C4CC5CC(C4)CC3C5)cc2)O1. The van der Waals surface area contributed by atoms with Crippen LogP contribution < -0.4 is 10.5 Å². The van der Waals surface area contributed by atoms with E-state index < -0.39 is 0 Å². The molecule has 1 atom stereocenters. The highest BCUT2D eigenvalue weighted by Crippen LogP contribution is 2.59. The first kappa shape index (κ1) is 14.6. The second kappa shape index (κ2) is 5.68. The topological polar surface area (TPSA) is 56.8 Å². The Morgan fingerprint density at radius 3 is 2.25 bits per heavy atom. The van der Waals surface area contributed by atoms with Gasteiger partial charge in [0.2, 0.25) is 0 Å². The standard InChI is InChI=1S/C20H26N2O2/c21-20-22-10-18(24-20)11-23-17-3-1-14(2-4-17)19-15-6-12-5-13(8-15)9-16(19)7-12/h1-4,12-13,15-16,18-19H,5-11H2,(H2,21,22). The van der Waals surface area contributed by atoms with Crippen molar-refractivity contribution in [3.05, 3.63) is 29.8 Å². The molecule has 0 radical (unpaired) electrons. The number of ether oxygens (including phenoxy) is 2. The Labute approximate surface area is 143 Å². The van der Waals surface area contributed by atoms with Gasteiger partial charge >= 0.3 is 0 Å². The molecule has 0 aromatic heterocycles. The lowest BCUT2D eigenvalue weighted by Gasteiger charge is -2.54. The van der Waals surface area contributed by atoms with Crippen LogP contribution in [0.1, 0.15) is 43.6 Å². The third kappa shape index (κ3) is 2.56. The van der Waals surface area contributed by atoms with Gasteiger partial charge in [0.1, 0.15) is 12.4 Å². The van der Waals surface area contributed by atoms with Crippen molar-refractivity contribution in [2.75, 3.05) is 13.2 Å². The van der Waals surface area contributed by atoms with E-state index >= 15 is 0 Å². The Hall–Kier alpha value is -1.71. The molecule has 4 aliphatic carbocycles. The molecule has 4 saturated carbocycles. The Morgan fingerprint density at radius 2 is 1.67 bits per heavy atom. The summed E-state index contributed by atoms with van der Waals surface area (Å²) in [6.45, 7) is 1.10. The number of benzene rings is 1. The molecule has 1 aliphatic heterocycles. The number of hydrogen-bond donors (Lipinski definition) is 1. The first-order valence-corrected chi connectivity index (χ1v) is 9.44. The molecule has 1 aromatic carbocycles. The number of nitrogens with zero attached hydrogens (tertiary/aromatic N) is 1. The molecule has 4 bridgehead atoms. The zero-order valence-corrected chi connectivity index (χ0v) is 14.1. The summed E-state index contributed by atoms with van der Waals surface area (Å²) in [5.41, 5.74) is 7.05. The van der Waals surface area contributed by atoms with E-state index in [1.807, 2.05) is 0 Å². The molecule has 1 unspecified atom stereocenters. The van der Waals surface area contributed by atoms with E-state index in [-0.39, 0.29) is 12.1 Å². The van der Waals surface area contributed by atoms with E-state index in [0.29, 0.717) is 13.2 Å². The second-order valence-corrected chi connectivity index (χ2v) is 8.26. The fourth-order valence-electron chi connectivity index (χ4n) is 5.97. The van der Waals surface area contributed by atoms with Gasteiger partial charge in [0.05, 0.1) is 6.54 Å². The van der Waals surface area contributed by atoms with Gasteiger partial charge in [-0.25, -0.2) is 4.99 Å². The number of aliphatic imine (C=N–C) groups is 1. The molecule has 0 spiro atoms. The van der Waals surface area contributed by atoms with Crippen LogP contribution in [-0.2, 0) is 4.74 Å². The summed E-state index contributed by atoms with van der Waals surface area (Å²) in [6, 6.07) is 9.12. The zero-order valence-electron chi connectivity index (χ0n) is 14.1. The predicted molar refractivity (Wildman–Crippen MR) is 93.1 cm³/mol. The first-order chi connectivity index (χ1) is 11.7. The molecule has 1 aromatic rings. The highest BCUT2D eigenvalue weighted by molar-refractivity contribution is 5.73. The van der Waals surface area contributed by atoms with E-state index in [1.54, 1.807) is 0 Å². The normalized spacial score (nSPS) is 39.6. The fraction of sp³-hybridized carbons (Fsp3) is 0.650. The maximum Gasteiger partial charge on any atom is 0.282 e. The van der Waals surface area contributed by atoms with E-state index in [1.165, 1.54) is 37.7 Å². The van der Waals surface area contributed by atoms with Crippen molar-refractivity contribution in [3.8, 4) is 5.75 Å². The quantitative estimate of drug-likeness (QED) is 0.923. The molecule has 5 aliphatic rings. The summed E-state index contributed by atoms with van der Waals surface area (Å²) in [7, 11) is 0. The van der Waals surface area contributed by atoms with Crippen molar-refractivity contribution in [2.45, 2.75) is 44.1 Å². The second-order valence-electron chi connectivity index (χ2n) is 8.26. The third-order valence-electron chi connectivity index (χ3n) is 6.67. The Morgan fingerprint density at radius 1 is 1.00 bits per heavy atom. The van der Waals surface area contributed by atoms with Gasteiger partial charge in [-0.1, -0.05) is 12.1 Å². The van der Waals surface area contributed by atoms with Gasteiger partial charge in [0, 0.05) is 0 Å². The van der Waals surface area contributed by atoms with Crippen molar-refractivity contribution in [3.63, 3.8) is 0 Å². The van der Waals surface area contributed by atoms with Crippen molar-refractivity contribution < 1.29 is 9.47 Å². The molecular formula is C20H26N2O2. The van der Waals surface area contributed by atoms with Crippen LogP contribution in [0.2, 0.25) is 0 Å². The average molecular weight is 326 g/mol. The molecule has 4 fully saturated rings. The predicted octanol–water partition coefficient (Wildman–Crippen LogP) is 3.32. The Balaban J connectivity index is 1.24. The smallest absolute Gasteiger partial charge is 0.282 e. The van der Waals surface area contributed by atoms with E-state index in [0.717, 1.165) is 35.3 Å². The van der Waals surface area contributed by atoms with Crippen molar-refractivity contribution >= 4 is 6.02 Å². The van der Waals surface area contributed by atoms with Gasteiger partial charge in [0.25, 0.3) is 6.02 Å². The van der Waals surface area contributed by atoms with Gasteiger partial charge in [-0.2, -0.15) is 0 Å². The van der Waals surface area contributed by atoms with Crippen LogP contribution in [0.25, 0.3) is 0 Å². The molecule has 0 saturated heterocycles. The maximum absolute atomic E-state index is 5.84. The molecule has 1 heterocycles. The number of nitrogens with two attached hydrogens (primary N) is 1. The van der Waals surface area contributed by atoms with Crippen molar-refractivity contribution in [1.29, 1.82) is 0 Å². The highest BCUT2D eigenvalue weighted by Gasteiger charge is 2.48. The van der Waals surface area contributed by atoms with Gasteiger partial charge < -0.3 is 15.2 Å². The Bertz CT molecular complexity index is 612. The fourth-order valence-corrected chi connectivity index (χ4v) is 5.97. The monoisotopic (exact) mass is 326 g/mol. The number of amidine groups is 1. The van der Waals surface area contributed by atoms with Gasteiger partial charge in [-0.15, -0.1) is 0 Å². The van der Waals surface area contributed by atoms with E-state index in [4.69, 9.17) is 15.2 Å². The maximum atomic E-state index is 5.84. The minimum absolute atomic E-state index is 0.0471. The van der Waals surface area contributed by atoms with Crippen molar-refractivity contribution in [2.24, 2.45) is 34.4 Å². The average Bonchev–Trinajstić information content (AvgIpc) is 2.98. The number of hydrogen-bond acceptors (Lipinski definition) is 4. The molecule has 2 N–H and O–H groups in total. The molecule has 4 nitrogen and oxygen atoms in total. The number of rotatable bonds is 4. The highest BCUT2D eigenvalue weighted by atomic mass is 16.5. The summed E-state index contributed by atoms with van der Waals surface area (Å²) < 4.78 is 11.2. The van der Waals surface area contributed by atoms with E-state index in [9.17, 15) is 0 Å². The van der Waals surface area contributed by atoms with Crippen molar-refractivity contribution in [1.82, 2.24) is 0 Å². The van der Waals surface area contributed by atoms with Crippen LogP contribution in [0.15, 0.2) is 29.3 Å². The largest absolute Gasteiger partial charge is 0.490 e. The molecular weight excluding hydrogens is 300 g/mol. The summed E-state index contributed by atoms with van der Waals surface area (Å²) in [4.78, 5) is 4.04. The van der Waals surface area contributed by atoms with Crippen LogP contribution in [0, 0.1) is 23.7 Å². The van der Waals surface area contributed by atoms with Crippen LogP contribution in [0.3, 0.4) is 0 Å². The van der Waals surface area contributed by atoms with Gasteiger partial charge in [0.15, 0.2) is 6.10 Å². The molecule has 4 heteroatoms. The summed E-state index contributed by atoms with van der Waals surface area (Å²) in [5.74, 6) is 5.63. The minimum Gasteiger partial charge on any atom is -0.490 e. The lowest BCUT2D eigenvalue weighted by molar-refractivity contribution is -0.00279. The summed E-state index contributed by atoms with van der Waals surface area (Å²) in [6.07, 6.45) is 7.35. The molecule has 128 valence electrons. The van der Waals surface area contributed by atoms with Crippen LogP contribution in [0.5, 0.6) is 5.75 Å². The molecule has 24 heavy (non-hydrogen) atoms. The minimum atomic E-state index is -0.0471. The lowest BCUT2D eigenvalue weighted by Crippen LogP contribution is -2.43. The van der Waals surface area contributed by atoms with Crippen LogP contribution in [0.4, 0.5) is 0 Å². The molecule has 0 amide bonds.